The van der Waals surface area contributed by atoms with Crippen molar-refractivity contribution in [1.82, 2.24) is 9.55 Å². The zero-order valence-corrected chi connectivity index (χ0v) is 16.3. The molecule has 3 heterocycles. The lowest BCUT2D eigenvalue weighted by atomic mass is 9.88. The van der Waals surface area contributed by atoms with E-state index in [1.54, 1.807) is 49.1 Å². The van der Waals surface area contributed by atoms with Gasteiger partial charge >= 0.3 is 5.69 Å². The molecule has 27 heavy (non-hydrogen) atoms. The topological polar surface area (TPSA) is 73.2 Å². The van der Waals surface area contributed by atoms with E-state index in [4.69, 9.17) is 6.11 Å². The molecular weight excluding hydrogens is 362 g/mol. The van der Waals surface area contributed by atoms with Crippen molar-refractivity contribution in [1.29, 1.82) is 0 Å². The first-order valence-electron chi connectivity index (χ1n) is 9.67. The number of nitrogens with one attached hydrogen (secondary N) is 1. The molecule has 1 aromatic heterocycles. The van der Waals surface area contributed by atoms with E-state index in [1.165, 1.54) is 4.57 Å². The SMILES string of the molecule is [2H]C[C@]12O[C@@H](n3cc(C)c(NC(=O)c4ccccc4)nc3=O)[C@H](S[C@@H]1C)[C@@H]2C. The molecule has 2 aliphatic heterocycles. The number of thioether (sulfide) groups is 1. The maximum absolute atomic E-state index is 12.7. The molecule has 2 aromatic rings. The van der Waals surface area contributed by atoms with Crippen LogP contribution in [0.15, 0.2) is 41.3 Å². The fourth-order valence-electron chi connectivity index (χ4n) is 3.79. The highest BCUT2D eigenvalue weighted by Gasteiger charge is 2.60. The molecule has 5 atom stereocenters. The third-order valence-corrected chi connectivity index (χ3v) is 7.37. The second kappa shape index (κ2) is 6.49. The Morgan fingerprint density at radius 2 is 2.11 bits per heavy atom. The third-order valence-electron chi connectivity index (χ3n) is 5.61. The number of amides is 1. The Morgan fingerprint density at radius 3 is 2.78 bits per heavy atom. The lowest BCUT2D eigenvalue weighted by Gasteiger charge is -2.34. The van der Waals surface area contributed by atoms with Crippen molar-refractivity contribution in [2.75, 3.05) is 5.32 Å². The molecule has 2 saturated heterocycles. The average Bonchev–Trinajstić information content (AvgIpc) is 3.11. The molecule has 1 N–H and O–H groups in total. The minimum absolute atomic E-state index is 0.101. The van der Waals surface area contributed by atoms with Gasteiger partial charge in [-0.2, -0.15) is 4.98 Å². The van der Waals surface area contributed by atoms with Crippen LogP contribution in [0.5, 0.6) is 0 Å². The first-order valence-corrected chi connectivity index (χ1v) is 9.90. The summed E-state index contributed by atoms with van der Waals surface area (Å²) < 4.78 is 15.8. The van der Waals surface area contributed by atoms with Crippen molar-refractivity contribution >= 4 is 23.5 Å². The van der Waals surface area contributed by atoms with Crippen molar-refractivity contribution < 1.29 is 10.9 Å². The number of rotatable bonds is 3. The molecule has 4 rings (SSSR count). The van der Waals surface area contributed by atoms with E-state index < -0.39 is 17.5 Å². The van der Waals surface area contributed by atoms with Crippen LogP contribution in [0.25, 0.3) is 0 Å². The Hall–Kier alpha value is -2.12. The van der Waals surface area contributed by atoms with Crippen LogP contribution in [0.4, 0.5) is 5.82 Å². The van der Waals surface area contributed by atoms with Crippen LogP contribution in [-0.4, -0.2) is 31.6 Å². The minimum atomic E-state index is -0.534. The zero-order chi connectivity index (χ0) is 20.1. The fourth-order valence-corrected chi connectivity index (χ4v) is 5.54. The van der Waals surface area contributed by atoms with Crippen LogP contribution in [-0.2, 0) is 4.74 Å². The molecule has 2 fully saturated rings. The fraction of sp³-hybridized carbons (Fsp3) is 0.450. The van der Waals surface area contributed by atoms with E-state index in [0.717, 1.165) is 0 Å². The monoisotopic (exact) mass is 386 g/mol. The molecule has 142 valence electrons. The van der Waals surface area contributed by atoms with Crippen molar-refractivity contribution in [3.8, 4) is 0 Å². The largest absolute Gasteiger partial charge is 0.351 e. The lowest BCUT2D eigenvalue weighted by molar-refractivity contribution is -0.0747. The van der Waals surface area contributed by atoms with Gasteiger partial charge in [-0.25, -0.2) is 4.79 Å². The van der Waals surface area contributed by atoms with Gasteiger partial charge in [0.1, 0.15) is 5.82 Å². The van der Waals surface area contributed by atoms with E-state index in [9.17, 15) is 9.59 Å². The van der Waals surface area contributed by atoms with E-state index in [0.29, 0.717) is 11.1 Å². The summed E-state index contributed by atoms with van der Waals surface area (Å²) in [5, 5.41) is 3.03. The Kier molecular flexibility index (Phi) is 4.09. The van der Waals surface area contributed by atoms with Gasteiger partial charge in [-0.05, 0) is 26.0 Å². The van der Waals surface area contributed by atoms with Gasteiger partial charge in [-0.1, -0.05) is 32.0 Å². The van der Waals surface area contributed by atoms with Gasteiger partial charge in [-0.3, -0.25) is 9.36 Å². The summed E-state index contributed by atoms with van der Waals surface area (Å²) in [6.07, 6.45) is 1.25. The van der Waals surface area contributed by atoms with Crippen molar-refractivity contribution in [3.05, 3.63) is 58.1 Å². The summed E-state index contributed by atoms with van der Waals surface area (Å²) in [6, 6.07) is 8.80. The molecule has 1 amide bonds. The van der Waals surface area contributed by atoms with Crippen LogP contribution in [0.1, 0.15) is 44.3 Å². The number of hydrogen-bond donors (Lipinski definition) is 1. The van der Waals surface area contributed by atoms with E-state index >= 15 is 0 Å². The number of carbonyl (C=O) groups excluding carboxylic acids is 1. The Morgan fingerprint density at radius 1 is 1.37 bits per heavy atom. The lowest BCUT2D eigenvalue weighted by Crippen LogP contribution is -2.40. The Labute approximate surface area is 163 Å². The molecule has 0 unspecified atom stereocenters. The van der Waals surface area contributed by atoms with Crippen LogP contribution < -0.4 is 11.0 Å². The summed E-state index contributed by atoms with van der Waals surface area (Å²) in [6.45, 7) is 6.15. The van der Waals surface area contributed by atoms with Crippen LogP contribution in [0, 0.1) is 12.8 Å². The molecule has 7 heteroatoms. The highest BCUT2D eigenvalue weighted by Crippen LogP contribution is 2.58. The van der Waals surface area contributed by atoms with Crippen molar-refractivity contribution in [3.63, 3.8) is 0 Å². The van der Waals surface area contributed by atoms with E-state index in [1.807, 2.05) is 6.07 Å². The molecule has 0 spiro atoms. The van der Waals surface area contributed by atoms with Crippen LogP contribution in [0.3, 0.4) is 0 Å². The van der Waals surface area contributed by atoms with Gasteiger partial charge in [0.15, 0.2) is 6.23 Å². The predicted molar refractivity (Wildman–Crippen MR) is 106 cm³/mol. The summed E-state index contributed by atoms with van der Waals surface area (Å²) >= 11 is 1.77. The Bertz CT molecular complexity index is 967. The minimum Gasteiger partial charge on any atom is -0.349 e. The molecule has 0 saturated carbocycles. The number of fused-ring (bicyclic) bond motifs is 2. The van der Waals surface area contributed by atoms with Crippen molar-refractivity contribution in [2.24, 2.45) is 5.92 Å². The van der Waals surface area contributed by atoms with E-state index in [2.05, 4.69) is 24.1 Å². The molecule has 0 radical (unpaired) electrons. The summed E-state index contributed by atoms with van der Waals surface area (Å²) in [4.78, 5) is 29.2. The van der Waals surface area contributed by atoms with Gasteiger partial charge in [0.05, 0.1) is 10.9 Å². The number of nitrogens with zero attached hydrogens (tertiary/aromatic N) is 2. The number of anilines is 1. The zero-order valence-electron chi connectivity index (χ0n) is 16.5. The summed E-state index contributed by atoms with van der Waals surface area (Å²) in [5.74, 6) is 0.123. The average molecular weight is 386 g/mol. The maximum Gasteiger partial charge on any atom is 0.351 e. The standard InChI is InChI=1S/C20H23N3O3S/c1-11-10-23(18-15-12(2)20(4,26-18)13(3)27-15)19(25)22-16(11)21-17(24)14-8-6-5-7-9-14/h5-10,12-13,15,18H,1-4H3,(H,21,22,24,25)/t12-,13+,15+,18+,20+/m0/s1/i4D. The number of aromatic nitrogens is 2. The number of benzene rings is 1. The normalized spacial score (nSPS) is 32.3. The highest BCUT2D eigenvalue weighted by molar-refractivity contribution is 8.01. The Balaban J connectivity index is 1.61. The van der Waals surface area contributed by atoms with Gasteiger partial charge in [-0.15, -0.1) is 11.8 Å². The summed E-state index contributed by atoms with van der Waals surface area (Å²) in [7, 11) is 0. The van der Waals surface area contributed by atoms with Gasteiger partial charge in [0.25, 0.3) is 5.91 Å². The second-order valence-electron chi connectivity index (χ2n) is 7.28. The molecular formula is C20H23N3O3S. The number of aryl methyl sites for hydroxylation is 1. The molecule has 6 nitrogen and oxygen atoms in total. The van der Waals surface area contributed by atoms with Gasteiger partial charge in [0.2, 0.25) is 0 Å². The van der Waals surface area contributed by atoms with Crippen LogP contribution in [0.2, 0.25) is 0 Å². The quantitative estimate of drug-likeness (QED) is 0.877. The number of ether oxygens (including phenoxy) is 1. The molecule has 2 bridgehead atoms. The molecule has 0 aliphatic carbocycles. The number of hydrogen-bond acceptors (Lipinski definition) is 5. The third kappa shape index (κ3) is 2.89. The molecule has 2 aliphatic rings. The van der Waals surface area contributed by atoms with Crippen molar-refractivity contribution in [2.45, 2.75) is 50.0 Å². The van der Waals surface area contributed by atoms with Crippen LogP contribution >= 0.6 is 11.8 Å². The first-order chi connectivity index (χ1) is 13.4. The highest BCUT2D eigenvalue weighted by atomic mass is 32.2. The first kappa shape index (κ1) is 17.0. The van der Waals surface area contributed by atoms with E-state index in [-0.39, 0.29) is 35.0 Å². The smallest absolute Gasteiger partial charge is 0.349 e. The van der Waals surface area contributed by atoms with Gasteiger partial charge < -0.3 is 10.1 Å². The maximum atomic E-state index is 12.7. The predicted octanol–water partition coefficient (Wildman–Crippen LogP) is 3.23. The summed E-state index contributed by atoms with van der Waals surface area (Å²) in [5.41, 5.74) is 0.182. The molecule has 1 aromatic carbocycles. The number of carbonyl (C=O) groups is 1. The van der Waals surface area contributed by atoms with Gasteiger partial charge in [0, 0.05) is 29.9 Å². The second-order valence-corrected chi connectivity index (χ2v) is 8.80.